The molecule has 0 saturated carbocycles. The molecule has 2 aromatic rings. The van der Waals surface area contributed by atoms with E-state index in [4.69, 9.17) is 9.47 Å². The maximum absolute atomic E-state index is 15.1. The largest absolute Gasteiger partial charge is 0.456 e. The molecule has 0 radical (unpaired) electrons. The Kier molecular flexibility index (Phi) is 5.60. The molecule has 0 unspecified atom stereocenters. The molecular weight excluding hydrogens is 412 g/mol. The molecule has 1 saturated heterocycles. The number of alkyl halides is 2. The van der Waals surface area contributed by atoms with Crippen molar-refractivity contribution in [2.45, 2.75) is 64.7 Å². The topological polar surface area (TPSA) is 55.8 Å². The maximum atomic E-state index is 15.1. The van der Waals surface area contributed by atoms with Gasteiger partial charge >= 0.3 is 18.0 Å². The Balaban J connectivity index is 1.94. The second-order valence-corrected chi connectivity index (χ2v) is 10.5. The molecule has 0 bridgehead atoms. The van der Waals surface area contributed by atoms with Crippen molar-refractivity contribution in [3.63, 3.8) is 0 Å². The third-order valence-electron chi connectivity index (χ3n) is 4.70. The monoisotopic (exact) mass is 439 g/mol. The summed E-state index contributed by atoms with van der Waals surface area (Å²) < 4.78 is 41.5. The average Bonchev–Trinajstić information content (AvgIpc) is 2.97. The number of halogens is 2. The number of amides is 1. The molecule has 30 heavy (non-hydrogen) atoms. The van der Waals surface area contributed by atoms with Gasteiger partial charge in [-0.1, -0.05) is 12.1 Å². The smallest absolute Gasteiger partial charge is 0.410 e. The number of fused-ring (bicyclic) bond motifs is 1. The van der Waals surface area contributed by atoms with E-state index in [2.05, 4.69) is 0 Å². The number of hydrogen-bond donors (Lipinski definition) is 0. The predicted molar refractivity (Wildman–Crippen MR) is 112 cm³/mol. The van der Waals surface area contributed by atoms with E-state index in [0.29, 0.717) is 5.56 Å². The number of ether oxygens (including phenoxy) is 2. The lowest BCUT2D eigenvalue weighted by molar-refractivity contribution is -0.208. The van der Waals surface area contributed by atoms with Crippen LogP contribution in [0.1, 0.15) is 53.1 Å². The number of thiophene rings is 1. The number of rotatable bonds is 3. The van der Waals surface area contributed by atoms with Crippen molar-refractivity contribution in [1.82, 2.24) is 4.90 Å². The first-order valence-electron chi connectivity index (χ1n) is 9.77. The number of benzene rings is 1. The van der Waals surface area contributed by atoms with Crippen molar-refractivity contribution in [3.05, 3.63) is 35.2 Å². The molecule has 0 N–H and O–H groups in total. The third-order valence-corrected chi connectivity index (χ3v) is 5.58. The minimum absolute atomic E-state index is 0.297. The fourth-order valence-corrected chi connectivity index (χ4v) is 4.23. The van der Waals surface area contributed by atoms with E-state index in [-0.39, 0.29) is 6.54 Å². The molecule has 2 atom stereocenters. The van der Waals surface area contributed by atoms with E-state index < -0.39 is 41.1 Å². The molecule has 0 spiro atoms. The van der Waals surface area contributed by atoms with E-state index in [9.17, 15) is 9.59 Å². The molecule has 1 aliphatic rings. The van der Waals surface area contributed by atoms with Gasteiger partial charge in [0.2, 0.25) is 0 Å². The predicted octanol–water partition coefficient (Wildman–Crippen LogP) is 5.79. The van der Waals surface area contributed by atoms with Crippen molar-refractivity contribution in [2.24, 2.45) is 5.92 Å². The Morgan fingerprint density at radius 2 is 1.67 bits per heavy atom. The molecule has 1 aliphatic heterocycles. The Labute approximate surface area is 178 Å². The van der Waals surface area contributed by atoms with Gasteiger partial charge in [0.1, 0.15) is 11.2 Å². The Morgan fingerprint density at radius 3 is 2.27 bits per heavy atom. The van der Waals surface area contributed by atoms with Crippen LogP contribution in [-0.2, 0) is 14.3 Å². The highest BCUT2D eigenvalue weighted by Crippen LogP contribution is 2.49. The Hall–Kier alpha value is -2.22. The minimum Gasteiger partial charge on any atom is -0.456 e. The number of carbonyl (C=O) groups excluding carboxylic acids is 2. The van der Waals surface area contributed by atoms with Gasteiger partial charge in [-0.25, -0.2) is 9.59 Å². The van der Waals surface area contributed by atoms with Gasteiger partial charge in [-0.15, -0.1) is 11.3 Å². The van der Waals surface area contributed by atoms with E-state index in [0.717, 1.165) is 10.1 Å². The summed E-state index contributed by atoms with van der Waals surface area (Å²) in [6.45, 7) is 9.46. The minimum atomic E-state index is -3.75. The van der Waals surface area contributed by atoms with Gasteiger partial charge in [0.15, 0.2) is 0 Å². The number of carbonyl (C=O) groups is 2. The summed E-state index contributed by atoms with van der Waals surface area (Å²) >= 11 is 1.48. The van der Waals surface area contributed by atoms with Crippen molar-refractivity contribution in [3.8, 4) is 0 Å². The molecule has 1 fully saturated rings. The quantitative estimate of drug-likeness (QED) is 0.569. The normalized spacial score (nSPS) is 20.1. The molecule has 0 aliphatic carbocycles. The maximum Gasteiger partial charge on any atom is 0.410 e. The van der Waals surface area contributed by atoms with Gasteiger partial charge in [-0.05, 0) is 70.0 Å². The van der Waals surface area contributed by atoms with Gasteiger partial charge in [0.25, 0.3) is 0 Å². The number of esters is 1. The highest BCUT2D eigenvalue weighted by atomic mass is 32.1. The molecule has 3 rings (SSSR count). The molecule has 164 valence electrons. The fraction of sp³-hybridized carbons (Fsp3) is 0.545. The number of nitrogens with zero attached hydrogens (tertiary/aromatic N) is 1. The molecule has 1 aromatic heterocycles. The van der Waals surface area contributed by atoms with Crippen LogP contribution >= 0.6 is 11.3 Å². The lowest BCUT2D eigenvalue weighted by Crippen LogP contribution is -2.62. The highest BCUT2D eigenvalue weighted by molar-refractivity contribution is 7.17. The zero-order valence-corrected chi connectivity index (χ0v) is 18.8. The van der Waals surface area contributed by atoms with Gasteiger partial charge < -0.3 is 9.47 Å². The summed E-state index contributed by atoms with van der Waals surface area (Å²) in [6.07, 6.45) is -0.685. The highest BCUT2D eigenvalue weighted by Gasteiger charge is 2.61. The van der Waals surface area contributed by atoms with Gasteiger partial charge in [0.05, 0.1) is 12.0 Å². The second-order valence-electron chi connectivity index (χ2n) is 9.53. The molecule has 1 aromatic carbocycles. The van der Waals surface area contributed by atoms with Crippen molar-refractivity contribution < 1.29 is 27.8 Å². The van der Waals surface area contributed by atoms with Crippen LogP contribution in [0.3, 0.4) is 0 Å². The van der Waals surface area contributed by atoms with Crippen LogP contribution in [0.25, 0.3) is 10.1 Å². The first-order chi connectivity index (χ1) is 13.7. The zero-order valence-electron chi connectivity index (χ0n) is 18.0. The summed E-state index contributed by atoms with van der Waals surface area (Å²) in [6, 6.07) is 6.28. The summed E-state index contributed by atoms with van der Waals surface area (Å²) in [4.78, 5) is 26.2. The average molecular weight is 440 g/mol. The number of hydrogen-bond acceptors (Lipinski definition) is 5. The molecule has 5 nitrogen and oxygen atoms in total. The third kappa shape index (κ3) is 4.58. The van der Waals surface area contributed by atoms with Crippen LogP contribution < -0.4 is 0 Å². The SMILES string of the molecule is CC(C)(C)OC(=O)N1C[C@@H](C(F)(F)C(=O)OC(C)(C)C)[C@@H]1c1ccc2ccsc2c1. The van der Waals surface area contributed by atoms with Gasteiger partial charge in [-0.3, -0.25) is 4.90 Å². The van der Waals surface area contributed by atoms with Gasteiger partial charge in [0, 0.05) is 11.2 Å². The Morgan fingerprint density at radius 1 is 1.03 bits per heavy atom. The first-order valence-corrected chi connectivity index (χ1v) is 10.6. The summed E-state index contributed by atoms with van der Waals surface area (Å²) in [5.41, 5.74) is -1.27. The molecule has 1 amide bonds. The lowest BCUT2D eigenvalue weighted by Gasteiger charge is -2.50. The van der Waals surface area contributed by atoms with Gasteiger partial charge in [-0.2, -0.15) is 8.78 Å². The lowest BCUT2D eigenvalue weighted by atomic mass is 9.79. The number of likely N-dealkylation sites (tertiary alicyclic amines) is 1. The Bertz CT molecular complexity index is 958. The summed E-state index contributed by atoms with van der Waals surface area (Å²) in [7, 11) is 0. The van der Waals surface area contributed by atoms with Crippen molar-refractivity contribution in [1.29, 1.82) is 0 Å². The zero-order chi connectivity index (χ0) is 22.5. The first kappa shape index (κ1) is 22.5. The second kappa shape index (κ2) is 7.48. The molecule has 8 heteroatoms. The van der Waals surface area contributed by atoms with Crippen LogP contribution in [0.2, 0.25) is 0 Å². The standard InChI is InChI=1S/C22H27F2NO4S/c1-20(2,3)28-18(26)22(23,24)15-12-25(19(27)29-21(4,5)6)17(15)14-8-7-13-9-10-30-16(13)11-14/h7-11,15,17H,12H2,1-6H3/t15-,17+/m1/s1. The van der Waals surface area contributed by atoms with Crippen LogP contribution in [0.5, 0.6) is 0 Å². The molecular formula is C22H27F2NO4S. The summed E-state index contributed by atoms with van der Waals surface area (Å²) in [5.74, 6) is -6.73. The van der Waals surface area contributed by atoms with E-state index in [1.165, 1.54) is 37.0 Å². The van der Waals surface area contributed by atoms with Crippen LogP contribution in [-0.4, -0.2) is 40.6 Å². The summed E-state index contributed by atoms with van der Waals surface area (Å²) in [5, 5.41) is 2.90. The van der Waals surface area contributed by atoms with E-state index >= 15 is 8.78 Å². The fourth-order valence-electron chi connectivity index (χ4n) is 3.39. The van der Waals surface area contributed by atoms with E-state index in [1.54, 1.807) is 32.9 Å². The van der Waals surface area contributed by atoms with Crippen LogP contribution in [0, 0.1) is 5.92 Å². The van der Waals surface area contributed by atoms with Crippen LogP contribution in [0.15, 0.2) is 29.6 Å². The van der Waals surface area contributed by atoms with E-state index in [1.807, 2.05) is 17.5 Å². The van der Waals surface area contributed by atoms with Crippen LogP contribution in [0.4, 0.5) is 13.6 Å². The van der Waals surface area contributed by atoms with Crippen molar-refractivity contribution in [2.75, 3.05) is 6.54 Å². The molecule has 2 heterocycles. The van der Waals surface area contributed by atoms with Crippen molar-refractivity contribution >= 4 is 33.5 Å².